The average Bonchev–Trinajstić information content (AvgIpc) is 3.39. The number of nitrogens with one attached hydrogen (secondary N) is 2. The maximum absolute atomic E-state index is 12.3. The molecule has 0 spiro atoms. The van der Waals surface area contributed by atoms with Gasteiger partial charge in [0.25, 0.3) is 0 Å². The first-order valence-electron chi connectivity index (χ1n) is 8.82. The predicted molar refractivity (Wildman–Crippen MR) is 100 cm³/mol. The minimum Gasteiger partial charge on any atom is -0.326 e. The van der Waals surface area contributed by atoms with Crippen LogP contribution in [0.3, 0.4) is 0 Å². The summed E-state index contributed by atoms with van der Waals surface area (Å²) in [6.45, 7) is 0. The van der Waals surface area contributed by atoms with Crippen LogP contribution in [0.2, 0.25) is 0 Å². The number of benzene rings is 2. The summed E-state index contributed by atoms with van der Waals surface area (Å²) in [5.41, 5.74) is 8.66. The van der Waals surface area contributed by atoms with Crippen LogP contribution in [0.1, 0.15) is 42.6 Å². The van der Waals surface area contributed by atoms with Crippen molar-refractivity contribution in [2.24, 2.45) is 5.73 Å². The van der Waals surface area contributed by atoms with Crippen molar-refractivity contribution < 1.29 is 4.79 Å². The number of anilines is 1. The molecule has 4 N–H and O–H groups in total. The number of aromatic amines is 1. The molecule has 1 aromatic heterocycles. The summed E-state index contributed by atoms with van der Waals surface area (Å²) in [5.74, 6) is 2.01. The summed E-state index contributed by atoms with van der Waals surface area (Å²) in [6, 6.07) is 16.9. The Morgan fingerprint density at radius 2 is 2.00 bits per heavy atom. The van der Waals surface area contributed by atoms with Crippen LogP contribution in [0.4, 0.5) is 5.69 Å². The Balaban J connectivity index is 1.42. The van der Waals surface area contributed by atoms with E-state index in [1.165, 1.54) is 12.8 Å². The molecule has 1 amide bonds. The highest BCUT2D eigenvalue weighted by atomic mass is 16.1. The van der Waals surface area contributed by atoms with Crippen LogP contribution in [0.15, 0.2) is 54.6 Å². The van der Waals surface area contributed by atoms with Crippen molar-refractivity contribution in [1.29, 1.82) is 0 Å². The second-order valence-electron chi connectivity index (χ2n) is 6.67. The van der Waals surface area contributed by atoms with E-state index in [4.69, 9.17) is 5.73 Å². The van der Waals surface area contributed by atoms with Gasteiger partial charge in [0.1, 0.15) is 5.82 Å². The van der Waals surface area contributed by atoms with E-state index in [1.807, 2.05) is 54.6 Å². The van der Waals surface area contributed by atoms with Gasteiger partial charge in [-0.05, 0) is 30.5 Å². The van der Waals surface area contributed by atoms with E-state index >= 15 is 0 Å². The molecule has 6 heteroatoms. The van der Waals surface area contributed by atoms with Gasteiger partial charge < -0.3 is 11.1 Å². The lowest BCUT2D eigenvalue weighted by atomic mass is 10.0. The smallest absolute Gasteiger partial charge is 0.226 e. The summed E-state index contributed by atoms with van der Waals surface area (Å²) in [7, 11) is 0. The number of nitrogens with zero attached hydrogens (tertiary/aromatic N) is 2. The second-order valence-corrected chi connectivity index (χ2v) is 6.67. The van der Waals surface area contributed by atoms with E-state index in [0.717, 1.165) is 17.0 Å². The summed E-state index contributed by atoms with van der Waals surface area (Å²) >= 11 is 0. The van der Waals surface area contributed by atoms with Crippen molar-refractivity contribution >= 4 is 11.6 Å². The summed E-state index contributed by atoms with van der Waals surface area (Å²) < 4.78 is 0. The maximum Gasteiger partial charge on any atom is 0.226 e. The fourth-order valence-electron chi connectivity index (χ4n) is 2.91. The number of H-pyrrole nitrogens is 1. The third-order valence-electron chi connectivity index (χ3n) is 4.50. The molecule has 0 bridgehead atoms. The van der Waals surface area contributed by atoms with Crippen LogP contribution >= 0.6 is 0 Å². The Bertz CT molecular complexity index is 901. The standard InChI is InChI=1S/C20H21N5O/c21-17(13-5-2-1-3-6-13)12-18(26)22-16-8-4-7-15(11-16)20-23-19(24-25-20)14-9-10-14/h1-8,11,14,17H,9-10,12,21H2,(H,22,26)(H,23,24,25). The Morgan fingerprint density at radius 1 is 1.19 bits per heavy atom. The van der Waals surface area contributed by atoms with Crippen LogP contribution in [-0.4, -0.2) is 21.1 Å². The molecule has 1 heterocycles. The highest BCUT2D eigenvalue weighted by Crippen LogP contribution is 2.38. The topological polar surface area (TPSA) is 96.7 Å². The lowest BCUT2D eigenvalue weighted by molar-refractivity contribution is -0.116. The SMILES string of the molecule is NC(CC(=O)Nc1cccc(-c2n[nH]c(C3CC3)n2)c1)c1ccccc1. The highest BCUT2D eigenvalue weighted by Gasteiger charge is 2.27. The van der Waals surface area contributed by atoms with Gasteiger partial charge in [-0.1, -0.05) is 42.5 Å². The van der Waals surface area contributed by atoms with Crippen molar-refractivity contribution in [2.75, 3.05) is 5.32 Å². The van der Waals surface area contributed by atoms with Gasteiger partial charge in [0, 0.05) is 29.6 Å². The monoisotopic (exact) mass is 347 g/mol. The van der Waals surface area contributed by atoms with Crippen molar-refractivity contribution in [1.82, 2.24) is 15.2 Å². The highest BCUT2D eigenvalue weighted by molar-refractivity contribution is 5.91. The van der Waals surface area contributed by atoms with Crippen LogP contribution in [0, 0.1) is 0 Å². The van der Waals surface area contributed by atoms with Crippen molar-refractivity contribution in [2.45, 2.75) is 31.2 Å². The number of nitrogens with two attached hydrogens (primary N) is 1. The van der Waals surface area contributed by atoms with Crippen molar-refractivity contribution in [3.05, 3.63) is 66.0 Å². The Labute approximate surface area is 151 Å². The largest absolute Gasteiger partial charge is 0.326 e. The van der Waals surface area contributed by atoms with E-state index in [9.17, 15) is 4.79 Å². The van der Waals surface area contributed by atoms with Crippen molar-refractivity contribution in [3.8, 4) is 11.4 Å². The van der Waals surface area contributed by atoms with Crippen LogP contribution in [0.25, 0.3) is 11.4 Å². The number of rotatable bonds is 6. The zero-order valence-corrected chi connectivity index (χ0v) is 14.4. The van der Waals surface area contributed by atoms with Crippen molar-refractivity contribution in [3.63, 3.8) is 0 Å². The first-order chi connectivity index (χ1) is 12.7. The number of hydrogen-bond donors (Lipinski definition) is 3. The molecule has 0 aliphatic heterocycles. The fraction of sp³-hybridized carbons (Fsp3) is 0.250. The molecule has 132 valence electrons. The molecule has 1 aliphatic carbocycles. The fourth-order valence-corrected chi connectivity index (χ4v) is 2.91. The Hall–Kier alpha value is -2.99. The van der Waals surface area contributed by atoms with Crippen LogP contribution in [-0.2, 0) is 4.79 Å². The Morgan fingerprint density at radius 3 is 2.77 bits per heavy atom. The first-order valence-corrected chi connectivity index (χ1v) is 8.82. The van der Waals surface area contributed by atoms with E-state index in [1.54, 1.807) is 0 Å². The minimum atomic E-state index is -0.325. The van der Waals surface area contributed by atoms with Crippen LogP contribution < -0.4 is 11.1 Å². The normalized spacial score (nSPS) is 14.8. The first kappa shape index (κ1) is 16.5. The summed E-state index contributed by atoms with van der Waals surface area (Å²) in [6.07, 6.45) is 2.57. The van der Waals surface area contributed by atoms with Gasteiger partial charge in [-0.3, -0.25) is 9.89 Å². The van der Waals surface area contributed by atoms with Gasteiger partial charge >= 0.3 is 0 Å². The zero-order valence-electron chi connectivity index (χ0n) is 14.4. The molecule has 1 aliphatic rings. The predicted octanol–water partition coefficient (Wildman–Crippen LogP) is 3.38. The van der Waals surface area contributed by atoms with Gasteiger partial charge in [-0.25, -0.2) is 4.98 Å². The number of carbonyl (C=O) groups is 1. The third-order valence-corrected chi connectivity index (χ3v) is 4.50. The summed E-state index contributed by atoms with van der Waals surface area (Å²) in [5, 5.41) is 10.2. The van der Waals surface area contributed by atoms with E-state index in [2.05, 4.69) is 20.5 Å². The lowest BCUT2D eigenvalue weighted by Gasteiger charge is -2.12. The van der Waals surface area contributed by atoms with E-state index in [0.29, 0.717) is 17.4 Å². The zero-order chi connectivity index (χ0) is 17.9. The molecule has 1 saturated carbocycles. The molecular weight excluding hydrogens is 326 g/mol. The minimum absolute atomic E-state index is 0.118. The van der Waals surface area contributed by atoms with Gasteiger partial charge in [0.05, 0.1) is 0 Å². The molecule has 1 fully saturated rings. The number of hydrogen-bond acceptors (Lipinski definition) is 4. The molecule has 6 nitrogen and oxygen atoms in total. The summed E-state index contributed by atoms with van der Waals surface area (Å²) in [4.78, 5) is 16.9. The van der Waals surface area contributed by atoms with E-state index in [-0.39, 0.29) is 18.4 Å². The molecule has 0 radical (unpaired) electrons. The Kier molecular flexibility index (Phi) is 4.50. The molecule has 3 aromatic rings. The second kappa shape index (κ2) is 7.09. The molecular formula is C20H21N5O. The maximum atomic E-state index is 12.3. The quantitative estimate of drug-likeness (QED) is 0.637. The number of aromatic nitrogens is 3. The molecule has 26 heavy (non-hydrogen) atoms. The lowest BCUT2D eigenvalue weighted by Crippen LogP contribution is -2.20. The molecule has 0 saturated heterocycles. The van der Waals surface area contributed by atoms with E-state index < -0.39 is 0 Å². The van der Waals surface area contributed by atoms with Gasteiger partial charge in [-0.2, -0.15) is 5.10 Å². The molecule has 1 unspecified atom stereocenters. The molecule has 1 atom stereocenters. The molecule has 2 aromatic carbocycles. The van der Waals surface area contributed by atoms with Gasteiger partial charge in [-0.15, -0.1) is 0 Å². The molecule has 4 rings (SSSR count). The number of amides is 1. The van der Waals surface area contributed by atoms with Crippen LogP contribution in [0.5, 0.6) is 0 Å². The van der Waals surface area contributed by atoms with Gasteiger partial charge in [0.15, 0.2) is 5.82 Å². The average molecular weight is 347 g/mol. The van der Waals surface area contributed by atoms with Gasteiger partial charge in [0.2, 0.25) is 5.91 Å². The third kappa shape index (κ3) is 3.81. The number of carbonyl (C=O) groups excluding carboxylic acids is 1.